The zero-order valence-corrected chi connectivity index (χ0v) is 19.1. The number of benzene rings is 1. The molecule has 2 aromatic heterocycles. The minimum Gasteiger partial charge on any atom is -0.478 e. The number of likely N-dealkylation sites (tertiary alicyclic amines) is 1. The minimum atomic E-state index is -0.979. The summed E-state index contributed by atoms with van der Waals surface area (Å²) in [5.74, 6) is 1.04. The van der Waals surface area contributed by atoms with Crippen molar-refractivity contribution in [1.82, 2.24) is 19.4 Å². The third kappa shape index (κ3) is 3.53. The standard InChI is InChI=1S/C25H32N4O3/c1-4-31-23-20(12-26-24(27-23)32-5-2)25(30)11-10-17-14-29(16-21(17)25)15-18-13-28(3)22-9-7-6-8-19(18)22/h6-9,12-13,17,21,30H,4-5,10-11,14-16H2,1-3H3/t17-,21+,25+/m0/s1. The number of para-hydroxylation sites is 1. The first-order valence-corrected chi connectivity index (χ1v) is 11.6. The molecule has 0 spiro atoms. The van der Waals surface area contributed by atoms with Gasteiger partial charge in [0.2, 0.25) is 5.88 Å². The molecule has 5 rings (SSSR count). The molecule has 0 radical (unpaired) electrons. The Hall–Kier alpha value is -2.64. The predicted molar refractivity (Wildman–Crippen MR) is 123 cm³/mol. The summed E-state index contributed by atoms with van der Waals surface area (Å²) in [6, 6.07) is 8.84. The van der Waals surface area contributed by atoms with Crippen molar-refractivity contribution in [2.45, 2.75) is 38.8 Å². The van der Waals surface area contributed by atoms with Gasteiger partial charge >= 0.3 is 6.01 Å². The van der Waals surface area contributed by atoms with Crippen molar-refractivity contribution in [2.24, 2.45) is 18.9 Å². The smallest absolute Gasteiger partial charge is 0.319 e. The fourth-order valence-electron chi connectivity index (χ4n) is 5.73. The monoisotopic (exact) mass is 436 g/mol. The molecular formula is C25H32N4O3. The van der Waals surface area contributed by atoms with Crippen LogP contribution in [0.1, 0.15) is 37.8 Å². The fraction of sp³-hybridized carbons (Fsp3) is 0.520. The second-order valence-electron chi connectivity index (χ2n) is 9.04. The lowest BCUT2D eigenvalue weighted by molar-refractivity contribution is -0.0101. The number of nitrogens with zero attached hydrogens (tertiary/aromatic N) is 4. The minimum absolute atomic E-state index is 0.137. The van der Waals surface area contributed by atoms with Gasteiger partial charge in [0.15, 0.2) is 0 Å². The maximum atomic E-state index is 11.9. The molecule has 1 N–H and O–H groups in total. The number of aliphatic hydroxyl groups is 1. The van der Waals surface area contributed by atoms with Crippen molar-refractivity contribution in [3.63, 3.8) is 0 Å². The predicted octanol–water partition coefficient (Wildman–Crippen LogP) is 3.50. The summed E-state index contributed by atoms with van der Waals surface area (Å²) in [6.07, 6.45) is 5.64. The highest BCUT2D eigenvalue weighted by atomic mass is 16.5. The summed E-state index contributed by atoms with van der Waals surface area (Å²) in [4.78, 5) is 11.3. The Labute approximate surface area is 189 Å². The van der Waals surface area contributed by atoms with Crippen LogP contribution in [0.3, 0.4) is 0 Å². The van der Waals surface area contributed by atoms with Gasteiger partial charge in [-0.1, -0.05) is 18.2 Å². The number of fused-ring (bicyclic) bond motifs is 2. The van der Waals surface area contributed by atoms with Gasteiger partial charge in [0, 0.05) is 55.9 Å². The van der Waals surface area contributed by atoms with Crippen molar-refractivity contribution in [2.75, 3.05) is 26.3 Å². The molecule has 0 amide bonds. The largest absolute Gasteiger partial charge is 0.478 e. The summed E-state index contributed by atoms with van der Waals surface area (Å²) >= 11 is 0. The van der Waals surface area contributed by atoms with Crippen LogP contribution in [-0.4, -0.2) is 50.8 Å². The van der Waals surface area contributed by atoms with Crippen LogP contribution in [0.25, 0.3) is 10.9 Å². The summed E-state index contributed by atoms with van der Waals surface area (Å²) in [5, 5.41) is 13.2. The lowest BCUT2D eigenvalue weighted by Gasteiger charge is -2.31. The van der Waals surface area contributed by atoms with Crippen LogP contribution >= 0.6 is 0 Å². The van der Waals surface area contributed by atoms with Gasteiger partial charge in [-0.2, -0.15) is 4.98 Å². The average Bonchev–Trinajstić information content (AvgIpc) is 3.43. The zero-order valence-electron chi connectivity index (χ0n) is 19.1. The van der Waals surface area contributed by atoms with Crippen LogP contribution in [0, 0.1) is 11.8 Å². The number of ether oxygens (including phenoxy) is 2. The highest BCUT2D eigenvalue weighted by Gasteiger charge is 2.54. The quantitative estimate of drug-likeness (QED) is 0.611. The summed E-state index contributed by atoms with van der Waals surface area (Å²) in [7, 11) is 2.10. The van der Waals surface area contributed by atoms with Gasteiger partial charge in [0.05, 0.1) is 18.8 Å². The van der Waals surface area contributed by atoms with E-state index < -0.39 is 5.60 Å². The van der Waals surface area contributed by atoms with E-state index in [1.54, 1.807) is 6.20 Å². The van der Waals surface area contributed by atoms with Crippen molar-refractivity contribution < 1.29 is 14.6 Å². The highest BCUT2D eigenvalue weighted by molar-refractivity contribution is 5.83. The number of hydrogen-bond donors (Lipinski definition) is 1. The van der Waals surface area contributed by atoms with Crippen molar-refractivity contribution >= 4 is 10.9 Å². The summed E-state index contributed by atoms with van der Waals surface area (Å²) in [6.45, 7) is 7.53. The van der Waals surface area contributed by atoms with Crippen LogP contribution in [0.4, 0.5) is 0 Å². The maximum Gasteiger partial charge on any atom is 0.319 e. The molecule has 1 saturated carbocycles. The molecule has 0 unspecified atom stereocenters. The van der Waals surface area contributed by atoms with Gasteiger partial charge in [-0.15, -0.1) is 0 Å². The van der Waals surface area contributed by atoms with E-state index in [2.05, 4.69) is 56.9 Å². The van der Waals surface area contributed by atoms with Gasteiger partial charge in [0.25, 0.3) is 0 Å². The first-order valence-electron chi connectivity index (χ1n) is 11.6. The molecule has 0 bridgehead atoms. The Bertz CT molecular complexity index is 1110. The fourth-order valence-corrected chi connectivity index (χ4v) is 5.73. The third-order valence-corrected chi connectivity index (χ3v) is 7.15. The van der Waals surface area contributed by atoms with Crippen molar-refractivity contribution in [3.8, 4) is 11.9 Å². The Morgan fingerprint density at radius 1 is 1.16 bits per heavy atom. The molecule has 170 valence electrons. The lowest BCUT2D eigenvalue weighted by Crippen LogP contribution is -2.35. The average molecular weight is 437 g/mol. The van der Waals surface area contributed by atoms with E-state index in [0.29, 0.717) is 43.0 Å². The third-order valence-electron chi connectivity index (χ3n) is 7.15. The Kier molecular flexibility index (Phi) is 5.55. The molecule has 1 saturated heterocycles. The molecule has 1 aliphatic heterocycles. The first kappa shape index (κ1) is 21.2. The molecule has 7 heteroatoms. The Morgan fingerprint density at radius 2 is 1.97 bits per heavy atom. The molecule has 3 atom stereocenters. The van der Waals surface area contributed by atoms with Gasteiger partial charge in [0.1, 0.15) is 5.60 Å². The molecule has 1 aliphatic carbocycles. The topological polar surface area (TPSA) is 72.6 Å². The van der Waals surface area contributed by atoms with E-state index in [4.69, 9.17) is 9.47 Å². The second-order valence-corrected chi connectivity index (χ2v) is 9.04. The van der Waals surface area contributed by atoms with E-state index in [9.17, 15) is 5.11 Å². The Balaban J connectivity index is 1.39. The molecule has 1 aromatic carbocycles. The van der Waals surface area contributed by atoms with E-state index in [1.165, 1.54) is 16.5 Å². The zero-order chi connectivity index (χ0) is 22.3. The van der Waals surface area contributed by atoms with Gasteiger partial charge in [-0.25, -0.2) is 4.98 Å². The lowest BCUT2D eigenvalue weighted by atomic mass is 9.83. The van der Waals surface area contributed by atoms with Crippen LogP contribution in [0.5, 0.6) is 11.9 Å². The SMILES string of the molecule is CCOc1ncc([C@]2(O)CC[C@H]3CN(Cc4cn(C)c5ccccc45)C[C@H]32)c(OCC)n1. The summed E-state index contributed by atoms with van der Waals surface area (Å²) < 4.78 is 13.5. The van der Waals surface area contributed by atoms with E-state index in [-0.39, 0.29) is 5.92 Å². The highest BCUT2D eigenvalue weighted by Crippen LogP contribution is 2.52. The van der Waals surface area contributed by atoms with E-state index in [0.717, 1.165) is 26.1 Å². The number of hydrogen-bond acceptors (Lipinski definition) is 6. The van der Waals surface area contributed by atoms with E-state index >= 15 is 0 Å². The molecule has 2 aliphatic rings. The van der Waals surface area contributed by atoms with Crippen LogP contribution in [0.15, 0.2) is 36.7 Å². The normalized spacial score (nSPS) is 25.4. The van der Waals surface area contributed by atoms with Crippen molar-refractivity contribution in [1.29, 1.82) is 0 Å². The number of aromatic nitrogens is 3. The molecular weight excluding hydrogens is 404 g/mol. The van der Waals surface area contributed by atoms with Gasteiger partial charge in [-0.3, -0.25) is 4.90 Å². The van der Waals surface area contributed by atoms with Crippen molar-refractivity contribution in [3.05, 3.63) is 47.8 Å². The maximum absolute atomic E-state index is 11.9. The van der Waals surface area contributed by atoms with Crippen LogP contribution in [0.2, 0.25) is 0 Å². The number of aryl methyl sites for hydroxylation is 1. The first-order chi connectivity index (χ1) is 15.5. The molecule has 32 heavy (non-hydrogen) atoms. The van der Waals surface area contributed by atoms with E-state index in [1.807, 2.05) is 13.8 Å². The molecule has 2 fully saturated rings. The molecule has 7 nitrogen and oxygen atoms in total. The van der Waals surface area contributed by atoms with Crippen LogP contribution in [-0.2, 0) is 19.2 Å². The van der Waals surface area contributed by atoms with Gasteiger partial charge < -0.3 is 19.1 Å². The van der Waals surface area contributed by atoms with Crippen LogP contribution < -0.4 is 9.47 Å². The van der Waals surface area contributed by atoms with Gasteiger partial charge in [-0.05, 0) is 44.2 Å². The molecule has 3 heterocycles. The number of rotatable bonds is 7. The second kappa shape index (κ2) is 8.37. The Morgan fingerprint density at radius 3 is 2.78 bits per heavy atom. The molecule has 3 aromatic rings. The summed E-state index contributed by atoms with van der Waals surface area (Å²) in [5.41, 5.74) is 2.31.